The van der Waals surface area contributed by atoms with Crippen molar-refractivity contribution in [1.82, 2.24) is 9.97 Å². The van der Waals surface area contributed by atoms with E-state index in [-0.39, 0.29) is 0 Å². The molecule has 13 heavy (non-hydrogen) atoms. The van der Waals surface area contributed by atoms with Gasteiger partial charge in [-0.05, 0) is 18.2 Å². The van der Waals surface area contributed by atoms with Crippen LogP contribution in [-0.4, -0.2) is 20.3 Å². The second kappa shape index (κ2) is 4.05. The van der Waals surface area contributed by atoms with Crippen LogP contribution in [0, 0.1) is 10.1 Å². The lowest BCUT2D eigenvalue weighted by molar-refractivity contribution is -0.742. The van der Waals surface area contributed by atoms with Crippen LogP contribution < -0.4 is 0 Å². The van der Waals surface area contributed by atoms with Gasteiger partial charge in [0.1, 0.15) is 0 Å². The van der Waals surface area contributed by atoms with Crippen LogP contribution in [0.4, 0.5) is 0 Å². The predicted octanol–water partition coefficient (Wildman–Crippen LogP) is 1.22. The van der Waals surface area contributed by atoms with E-state index in [0.29, 0.717) is 0 Å². The number of nitrogens with zero attached hydrogens (tertiary/aromatic N) is 2. The number of aromatic amines is 1. The lowest BCUT2D eigenvalue weighted by atomic mass is 10.4. The third-order valence-corrected chi connectivity index (χ3v) is 1.32. The van der Waals surface area contributed by atoms with Crippen LogP contribution in [0.2, 0.25) is 0 Å². The molecule has 6 heteroatoms. The van der Waals surface area contributed by atoms with Crippen LogP contribution >= 0.6 is 0 Å². The first-order chi connectivity index (χ1) is 6.20. The summed E-state index contributed by atoms with van der Waals surface area (Å²) in [6, 6.07) is 5.87. The summed E-state index contributed by atoms with van der Waals surface area (Å²) in [7, 11) is 0. The van der Waals surface area contributed by atoms with Gasteiger partial charge in [0.2, 0.25) is 0 Å². The van der Waals surface area contributed by atoms with E-state index in [4.69, 9.17) is 15.3 Å². The van der Waals surface area contributed by atoms with Gasteiger partial charge in [0.15, 0.2) is 0 Å². The second-order valence-electron chi connectivity index (χ2n) is 2.15. The number of fused-ring (bicyclic) bond motifs is 1. The van der Waals surface area contributed by atoms with E-state index in [9.17, 15) is 0 Å². The Morgan fingerprint density at radius 2 is 2.23 bits per heavy atom. The number of aromatic nitrogens is 2. The fourth-order valence-corrected chi connectivity index (χ4v) is 0.883. The second-order valence-corrected chi connectivity index (χ2v) is 2.15. The van der Waals surface area contributed by atoms with E-state index in [0.717, 1.165) is 11.0 Å². The van der Waals surface area contributed by atoms with Crippen LogP contribution in [0.1, 0.15) is 0 Å². The lowest BCUT2D eigenvalue weighted by Crippen LogP contribution is -1.81. The summed E-state index contributed by atoms with van der Waals surface area (Å²) in [5.41, 5.74) is 2.12. The molecular weight excluding hydrogens is 174 g/mol. The van der Waals surface area contributed by atoms with Crippen molar-refractivity contribution in [2.45, 2.75) is 0 Å². The summed E-state index contributed by atoms with van der Waals surface area (Å²) in [5.74, 6) is 0. The molecule has 2 N–H and O–H groups in total. The molecule has 0 amide bonds. The molecule has 0 fully saturated rings. The van der Waals surface area contributed by atoms with Gasteiger partial charge in [-0.3, -0.25) is 4.98 Å². The molecule has 0 aliphatic rings. The Labute approximate surface area is 72.9 Å². The number of nitrogens with one attached hydrogen (secondary N) is 1. The largest absolute Gasteiger partial charge is 0.360 e. The highest BCUT2D eigenvalue weighted by atomic mass is 16.9. The van der Waals surface area contributed by atoms with Gasteiger partial charge in [0.05, 0.1) is 11.0 Å². The van der Waals surface area contributed by atoms with Gasteiger partial charge in [0.25, 0.3) is 5.09 Å². The minimum absolute atomic E-state index is 1.03. The highest BCUT2D eigenvalue weighted by molar-refractivity contribution is 5.73. The molecule has 2 rings (SSSR count). The van der Waals surface area contributed by atoms with Crippen LogP contribution in [0.25, 0.3) is 11.0 Å². The summed E-state index contributed by atoms with van der Waals surface area (Å²) in [5, 5.41) is 13.6. The molecule has 0 bridgehead atoms. The van der Waals surface area contributed by atoms with Crippen LogP contribution in [-0.2, 0) is 0 Å². The fraction of sp³-hybridized carbons (Fsp3) is 0. The summed E-state index contributed by atoms with van der Waals surface area (Å²) in [4.78, 5) is 15.5. The average Bonchev–Trinajstić information content (AvgIpc) is 2.49. The van der Waals surface area contributed by atoms with Gasteiger partial charge in [-0.25, -0.2) is 0 Å². The van der Waals surface area contributed by atoms with E-state index in [1.807, 2.05) is 24.4 Å². The highest BCUT2D eigenvalue weighted by Gasteiger charge is 1.88. The summed E-state index contributed by atoms with van der Waals surface area (Å²) >= 11 is 0. The molecule has 2 aromatic rings. The standard InChI is InChI=1S/C7H6N2.HNO3/c1-2-6-7(8-4-1)3-5-9-6;2-1(3)4/h1-5,9H;(H,2,3,4). The molecule has 0 aromatic carbocycles. The number of H-pyrrole nitrogens is 1. The molecule has 68 valence electrons. The minimum Gasteiger partial charge on any atom is -0.360 e. The van der Waals surface area contributed by atoms with Crippen molar-refractivity contribution >= 4 is 11.0 Å². The first-order valence-corrected chi connectivity index (χ1v) is 3.41. The molecule has 0 unspecified atom stereocenters. The molecule has 0 aliphatic heterocycles. The highest BCUT2D eigenvalue weighted by Crippen LogP contribution is 2.05. The van der Waals surface area contributed by atoms with E-state index < -0.39 is 5.09 Å². The third-order valence-electron chi connectivity index (χ3n) is 1.32. The molecule has 6 nitrogen and oxygen atoms in total. The Bertz CT molecular complexity index is 364. The van der Waals surface area contributed by atoms with Crippen molar-refractivity contribution in [3.05, 3.63) is 40.7 Å². The average molecular weight is 181 g/mol. The van der Waals surface area contributed by atoms with Gasteiger partial charge in [-0.15, -0.1) is 10.1 Å². The van der Waals surface area contributed by atoms with Crippen LogP contribution in [0.5, 0.6) is 0 Å². The molecule has 0 spiro atoms. The van der Waals surface area contributed by atoms with E-state index >= 15 is 0 Å². The molecule has 0 aliphatic carbocycles. The topological polar surface area (TPSA) is 92.1 Å². The van der Waals surface area contributed by atoms with Crippen molar-refractivity contribution in [2.24, 2.45) is 0 Å². The van der Waals surface area contributed by atoms with Gasteiger partial charge >= 0.3 is 0 Å². The lowest BCUT2D eigenvalue weighted by Gasteiger charge is -1.82. The summed E-state index contributed by atoms with van der Waals surface area (Å²) in [6.07, 6.45) is 3.67. The number of hydrogen-bond donors (Lipinski definition) is 2. The Kier molecular flexibility index (Phi) is 2.80. The Morgan fingerprint density at radius 1 is 1.54 bits per heavy atom. The maximum atomic E-state index is 8.36. The van der Waals surface area contributed by atoms with Gasteiger partial charge in [0, 0.05) is 12.4 Å². The summed E-state index contributed by atoms with van der Waals surface area (Å²) in [6.45, 7) is 0. The van der Waals surface area contributed by atoms with Gasteiger partial charge in [-0.2, -0.15) is 0 Å². The number of pyridine rings is 1. The SMILES string of the molecule is O=[N+]([O-])O.c1cnc2cc[nH]c2c1. The van der Waals surface area contributed by atoms with Crippen molar-refractivity contribution in [3.8, 4) is 0 Å². The fourth-order valence-electron chi connectivity index (χ4n) is 0.883. The molecule has 0 saturated heterocycles. The zero-order valence-corrected chi connectivity index (χ0v) is 6.54. The number of rotatable bonds is 0. The van der Waals surface area contributed by atoms with Crippen LogP contribution in [0.15, 0.2) is 30.6 Å². The predicted molar refractivity (Wildman–Crippen MR) is 44.9 cm³/mol. The maximum Gasteiger partial charge on any atom is 0.291 e. The first-order valence-electron chi connectivity index (χ1n) is 3.41. The first kappa shape index (κ1) is 8.98. The van der Waals surface area contributed by atoms with Gasteiger partial charge in [-0.1, -0.05) is 0 Å². The monoisotopic (exact) mass is 181 g/mol. The van der Waals surface area contributed by atoms with Crippen molar-refractivity contribution < 1.29 is 10.3 Å². The number of hydrogen-bond acceptors (Lipinski definition) is 3. The Balaban J connectivity index is 0.000000184. The minimum atomic E-state index is -1.50. The Morgan fingerprint density at radius 3 is 2.85 bits per heavy atom. The van der Waals surface area contributed by atoms with Crippen LogP contribution in [0.3, 0.4) is 0 Å². The zero-order chi connectivity index (χ0) is 9.68. The quantitative estimate of drug-likeness (QED) is 0.472. The molecule has 2 heterocycles. The molecule has 0 saturated carbocycles. The smallest absolute Gasteiger partial charge is 0.291 e. The maximum absolute atomic E-state index is 8.36. The van der Waals surface area contributed by atoms with Crippen molar-refractivity contribution in [2.75, 3.05) is 0 Å². The molecular formula is C7H7N3O3. The van der Waals surface area contributed by atoms with E-state index in [2.05, 4.69) is 9.97 Å². The zero-order valence-electron chi connectivity index (χ0n) is 6.54. The van der Waals surface area contributed by atoms with Crippen molar-refractivity contribution in [3.63, 3.8) is 0 Å². The molecule has 0 radical (unpaired) electrons. The van der Waals surface area contributed by atoms with Gasteiger partial charge < -0.3 is 10.2 Å². The third kappa shape index (κ3) is 2.78. The van der Waals surface area contributed by atoms with Crippen molar-refractivity contribution in [1.29, 1.82) is 0 Å². The molecule has 2 aromatic heterocycles. The Hall–Kier alpha value is -2.11. The summed E-state index contributed by atoms with van der Waals surface area (Å²) < 4.78 is 0. The van der Waals surface area contributed by atoms with E-state index in [1.54, 1.807) is 6.20 Å². The normalized spacial score (nSPS) is 8.92. The molecule has 0 atom stereocenters. The van der Waals surface area contributed by atoms with E-state index in [1.165, 1.54) is 0 Å².